The molecular weight excluding hydrogens is 522 g/mol. The molecule has 1 aromatic carbocycles. The molecule has 0 aliphatic carbocycles. The summed E-state index contributed by atoms with van der Waals surface area (Å²) in [4.78, 5) is 38.3. The first kappa shape index (κ1) is 26.4. The van der Waals surface area contributed by atoms with Crippen molar-refractivity contribution in [3.8, 4) is 0 Å². The van der Waals surface area contributed by atoms with Gasteiger partial charge in [0.1, 0.15) is 33.9 Å². The molecule has 0 fully saturated rings. The minimum absolute atomic E-state index is 0.212. The van der Waals surface area contributed by atoms with Crippen LogP contribution in [0.3, 0.4) is 0 Å². The summed E-state index contributed by atoms with van der Waals surface area (Å²) in [5.41, 5.74) is 3.50. The number of aromatic nitrogens is 6. The Bertz CT molecular complexity index is 1430. The number of imidazole rings is 1. The van der Waals surface area contributed by atoms with Crippen LogP contribution >= 0.6 is 23.5 Å². The monoisotopic (exact) mass is 551 g/mol. The fourth-order valence-corrected chi connectivity index (χ4v) is 6.32. The Morgan fingerprint density at radius 3 is 2.82 bits per heavy atom. The van der Waals surface area contributed by atoms with Crippen molar-refractivity contribution in [2.75, 3.05) is 25.3 Å². The maximum Gasteiger partial charge on any atom is 0.319 e. The number of carbonyl (C=O) groups excluding carboxylic acids is 1. The highest BCUT2D eigenvalue weighted by Crippen LogP contribution is 2.46. The number of thioether (sulfide) groups is 1. The van der Waals surface area contributed by atoms with E-state index in [9.17, 15) is 4.79 Å². The van der Waals surface area contributed by atoms with Crippen LogP contribution < -0.4 is 4.90 Å². The number of esters is 1. The quantitative estimate of drug-likeness (QED) is 0.141. The van der Waals surface area contributed by atoms with Crippen LogP contribution in [0.1, 0.15) is 38.7 Å². The van der Waals surface area contributed by atoms with Gasteiger partial charge < -0.3 is 14.0 Å². The van der Waals surface area contributed by atoms with Crippen molar-refractivity contribution in [2.24, 2.45) is 0 Å². The zero-order valence-electron chi connectivity index (χ0n) is 21.5. The SMILES string of the molecule is CCCCC(Sc1ncnc2c1ncn2Cc1ccc2c(c1)N(COC)c1nccnc1S2)C(=O)OCC. The summed E-state index contributed by atoms with van der Waals surface area (Å²) in [6.07, 6.45) is 9.37. The van der Waals surface area contributed by atoms with E-state index in [0.717, 1.165) is 51.9 Å². The van der Waals surface area contributed by atoms with Crippen molar-refractivity contribution >= 4 is 52.2 Å². The Hall–Kier alpha value is -3.22. The number of nitrogens with zero attached hydrogens (tertiary/aromatic N) is 7. The van der Waals surface area contributed by atoms with Gasteiger partial charge in [0, 0.05) is 24.4 Å². The van der Waals surface area contributed by atoms with E-state index in [2.05, 4.69) is 50.0 Å². The predicted octanol–water partition coefficient (Wildman–Crippen LogP) is 5.09. The molecule has 1 atom stereocenters. The molecule has 0 amide bonds. The van der Waals surface area contributed by atoms with E-state index in [4.69, 9.17) is 9.47 Å². The molecule has 0 bridgehead atoms. The van der Waals surface area contributed by atoms with E-state index in [0.29, 0.717) is 30.4 Å². The summed E-state index contributed by atoms with van der Waals surface area (Å²) in [7, 11) is 1.67. The van der Waals surface area contributed by atoms with Crippen LogP contribution in [-0.2, 0) is 20.8 Å². The number of anilines is 2. The normalized spacial score (nSPS) is 13.3. The lowest BCUT2D eigenvalue weighted by molar-refractivity contribution is -0.142. The van der Waals surface area contributed by atoms with Crippen molar-refractivity contribution in [3.63, 3.8) is 0 Å². The molecule has 12 heteroatoms. The van der Waals surface area contributed by atoms with E-state index in [1.807, 2.05) is 16.4 Å². The lowest BCUT2D eigenvalue weighted by Crippen LogP contribution is -2.24. The van der Waals surface area contributed by atoms with Gasteiger partial charge in [0.05, 0.1) is 25.2 Å². The summed E-state index contributed by atoms with van der Waals surface area (Å²) in [6, 6.07) is 6.34. The molecule has 0 saturated carbocycles. The predicted molar refractivity (Wildman–Crippen MR) is 147 cm³/mol. The first-order valence-electron chi connectivity index (χ1n) is 12.5. The third-order valence-electron chi connectivity index (χ3n) is 6.03. The van der Waals surface area contributed by atoms with Crippen LogP contribution in [0.25, 0.3) is 11.2 Å². The van der Waals surface area contributed by atoms with Gasteiger partial charge in [-0.3, -0.25) is 9.69 Å². The number of methoxy groups -OCH3 is 1. The van der Waals surface area contributed by atoms with Crippen molar-refractivity contribution in [1.82, 2.24) is 29.5 Å². The van der Waals surface area contributed by atoms with Gasteiger partial charge in [0.25, 0.3) is 0 Å². The second kappa shape index (κ2) is 12.1. The lowest BCUT2D eigenvalue weighted by atomic mass is 10.2. The molecule has 1 unspecified atom stereocenters. The number of benzene rings is 1. The second-order valence-corrected chi connectivity index (χ2v) is 10.9. The molecule has 1 aliphatic heterocycles. The number of ether oxygens (including phenoxy) is 2. The number of hydrogen-bond acceptors (Lipinski definition) is 11. The molecule has 0 radical (unpaired) electrons. The molecule has 38 heavy (non-hydrogen) atoms. The zero-order valence-corrected chi connectivity index (χ0v) is 23.2. The zero-order chi connectivity index (χ0) is 26.5. The fraction of sp³-hybridized carbons (Fsp3) is 0.385. The Morgan fingerprint density at radius 1 is 1.13 bits per heavy atom. The van der Waals surface area contributed by atoms with E-state index >= 15 is 0 Å². The lowest BCUT2D eigenvalue weighted by Gasteiger charge is -2.30. The minimum Gasteiger partial charge on any atom is -0.465 e. The average Bonchev–Trinajstić information content (AvgIpc) is 3.34. The molecule has 0 N–H and O–H groups in total. The van der Waals surface area contributed by atoms with Crippen LogP contribution in [0, 0.1) is 0 Å². The number of fused-ring (bicyclic) bond motifs is 3. The topological polar surface area (TPSA) is 108 Å². The number of carbonyl (C=O) groups is 1. The van der Waals surface area contributed by atoms with Crippen LogP contribution in [0.2, 0.25) is 0 Å². The molecule has 198 valence electrons. The standard InChI is InChI=1S/C26H29N7O3S2/c1-4-6-7-20(26(34)36-5-2)38-24-21-22(29-14-30-24)32(15-31-21)13-17-8-9-19-18(12-17)33(16-35-3)23-25(37-19)28-11-10-27-23/h8-12,14-15,20H,4-7,13,16H2,1-3H3. The molecule has 3 aromatic heterocycles. The molecule has 1 aliphatic rings. The first-order chi connectivity index (χ1) is 18.6. The van der Waals surface area contributed by atoms with Crippen molar-refractivity contribution < 1.29 is 14.3 Å². The Kier molecular flexibility index (Phi) is 8.40. The van der Waals surface area contributed by atoms with Crippen LogP contribution in [0.5, 0.6) is 0 Å². The third-order valence-corrected chi connectivity index (χ3v) is 8.31. The Labute approximate surface area is 229 Å². The maximum absolute atomic E-state index is 12.6. The molecular formula is C26H29N7O3S2. The van der Waals surface area contributed by atoms with E-state index < -0.39 is 0 Å². The van der Waals surface area contributed by atoms with Crippen molar-refractivity contribution in [1.29, 1.82) is 0 Å². The Morgan fingerprint density at radius 2 is 2.00 bits per heavy atom. The van der Waals surface area contributed by atoms with Gasteiger partial charge in [0.15, 0.2) is 11.5 Å². The average molecular weight is 552 g/mol. The molecule has 10 nitrogen and oxygen atoms in total. The molecule has 5 rings (SSSR count). The van der Waals surface area contributed by atoms with Gasteiger partial charge in [0.2, 0.25) is 0 Å². The summed E-state index contributed by atoms with van der Waals surface area (Å²) >= 11 is 3.01. The molecule has 4 heterocycles. The molecule has 0 saturated heterocycles. The third kappa shape index (κ3) is 5.47. The second-order valence-electron chi connectivity index (χ2n) is 8.66. The molecule has 0 spiro atoms. The highest BCUT2D eigenvalue weighted by atomic mass is 32.2. The van der Waals surface area contributed by atoms with Gasteiger partial charge in [-0.15, -0.1) is 0 Å². The van der Waals surface area contributed by atoms with E-state index in [1.54, 1.807) is 37.6 Å². The van der Waals surface area contributed by atoms with E-state index in [-0.39, 0.29) is 11.2 Å². The van der Waals surface area contributed by atoms with Crippen molar-refractivity contribution in [3.05, 3.63) is 48.8 Å². The van der Waals surface area contributed by atoms with Gasteiger partial charge in [-0.05, 0) is 31.0 Å². The summed E-state index contributed by atoms with van der Waals surface area (Å²) in [5, 5.41) is 1.22. The summed E-state index contributed by atoms with van der Waals surface area (Å²) < 4.78 is 12.8. The highest BCUT2D eigenvalue weighted by molar-refractivity contribution is 8.00. The van der Waals surface area contributed by atoms with Gasteiger partial charge in [-0.2, -0.15) is 0 Å². The fourth-order valence-electron chi connectivity index (χ4n) is 4.25. The number of unbranched alkanes of at least 4 members (excludes halogenated alkanes) is 1. The van der Waals surface area contributed by atoms with Crippen LogP contribution in [-0.4, -0.2) is 61.2 Å². The van der Waals surface area contributed by atoms with Crippen LogP contribution in [0.15, 0.2) is 58.2 Å². The first-order valence-corrected chi connectivity index (χ1v) is 14.2. The summed E-state index contributed by atoms with van der Waals surface area (Å²) in [5.74, 6) is 0.571. The van der Waals surface area contributed by atoms with Crippen molar-refractivity contribution in [2.45, 2.75) is 59.9 Å². The summed E-state index contributed by atoms with van der Waals surface area (Å²) in [6.45, 7) is 5.22. The van der Waals surface area contributed by atoms with Crippen LogP contribution in [0.4, 0.5) is 11.5 Å². The van der Waals surface area contributed by atoms with Gasteiger partial charge in [-0.25, -0.2) is 24.9 Å². The maximum atomic E-state index is 12.6. The minimum atomic E-state index is -0.325. The Balaban J connectivity index is 1.41. The molecule has 4 aromatic rings. The largest absolute Gasteiger partial charge is 0.465 e. The number of rotatable bonds is 11. The highest BCUT2D eigenvalue weighted by Gasteiger charge is 2.26. The number of hydrogen-bond donors (Lipinski definition) is 0. The smallest absolute Gasteiger partial charge is 0.319 e. The van der Waals surface area contributed by atoms with E-state index in [1.165, 1.54) is 18.1 Å². The van der Waals surface area contributed by atoms with Gasteiger partial charge in [-0.1, -0.05) is 49.4 Å². The van der Waals surface area contributed by atoms with Gasteiger partial charge >= 0.3 is 5.97 Å².